The van der Waals surface area contributed by atoms with Gasteiger partial charge in [0.1, 0.15) is 17.3 Å². The molecular weight excluding hydrogens is 558 g/mol. The van der Waals surface area contributed by atoms with Crippen molar-refractivity contribution in [3.8, 4) is 0 Å². The highest BCUT2D eigenvalue weighted by Crippen LogP contribution is 2.47. The van der Waals surface area contributed by atoms with E-state index in [9.17, 15) is 14.4 Å². The van der Waals surface area contributed by atoms with Gasteiger partial charge in [-0.05, 0) is 88.0 Å². The molecule has 1 rings (SSSR count). The van der Waals surface area contributed by atoms with Gasteiger partial charge in [-0.2, -0.15) is 0 Å². The third kappa shape index (κ3) is 13.8. The van der Waals surface area contributed by atoms with Gasteiger partial charge in [-0.25, -0.2) is 0 Å². The third-order valence-electron chi connectivity index (χ3n) is 10.4. The summed E-state index contributed by atoms with van der Waals surface area (Å²) in [6.45, 7) is 21.4. The topological polar surface area (TPSA) is 60.4 Å². The second-order valence-electron chi connectivity index (χ2n) is 15.6. The average Bonchev–Trinajstić information content (AvgIpc) is 2.93. The molecule has 5 heteroatoms. The Labute approximate surface area is 278 Å². The van der Waals surface area contributed by atoms with Gasteiger partial charge < -0.3 is 16.6 Å². The van der Waals surface area contributed by atoms with Crippen LogP contribution in [0.3, 0.4) is 0 Å². The predicted molar refractivity (Wildman–Crippen MR) is 192 cm³/mol. The Balaban J connectivity index is 0.0000194. The number of carbonyl (C=O) groups is 3. The van der Waals surface area contributed by atoms with Gasteiger partial charge in [0.15, 0.2) is 0 Å². The Morgan fingerprint density at radius 1 is 0.733 bits per heavy atom. The molecule has 2 unspecified atom stereocenters. The van der Waals surface area contributed by atoms with Crippen molar-refractivity contribution in [2.24, 2.45) is 16.2 Å². The lowest BCUT2D eigenvalue weighted by atomic mass is 9.60. The fraction of sp³-hybridized carbons (Fsp3) is 0.750. The van der Waals surface area contributed by atoms with Crippen molar-refractivity contribution in [3.63, 3.8) is 0 Å². The van der Waals surface area contributed by atoms with Gasteiger partial charge in [0.25, 0.3) is 0 Å². The normalized spacial score (nSPS) is 14.8. The van der Waals surface area contributed by atoms with Crippen molar-refractivity contribution >= 4 is 17.3 Å². The summed E-state index contributed by atoms with van der Waals surface area (Å²) >= 11 is 0. The van der Waals surface area contributed by atoms with Crippen molar-refractivity contribution in [2.45, 2.75) is 139 Å². The first-order valence-corrected chi connectivity index (χ1v) is 17.3. The number of aryl methyl sites for hydroxylation is 3. The molecule has 0 amide bonds. The van der Waals surface area contributed by atoms with E-state index in [0.29, 0.717) is 58.0 Å². The summed E-state index contributed by atoms with van der Waals surface area (Å²) in [7, 11) is 6.16. The Kier molecular flexibility index (Phi) is 18.3. The number of nitrogens with zero attached hydrogens (tertiary/aromatic N) is 1. The van der Waals surface area contributed by atoms with E-state index in [4.69, 9.17) is 4.74 Å². The smallest absolute Gasteiger partial charge is 0.139 e. The highest BCUT2D eigenvalue weighted by molar-refractivity contribution is 5.90. The van der Waals surface area contributed by atoms with Crippen molar-refractivity contribution in [3.05, 3.63) is 41.8 Å². The van der Waals surface area contributed by atoms with E-state index in [2.05, 4.69) is 60.8 Å². The monoisotopic (exact) mass is 630 g/mol. The molecule has 0 fully saturated rings. The van der Waals surface area contributed by atoms with Crippen LogP contribution in [0.1, 0.15) is 134 Å². The Morgan fingerprint density at radius 3 is 1.80 bits per heavy atom. The van der Waals surface area contributed by atoms with Crippen LogP contribution in [0.2, 0.25) is 0 Å². The number of Topliss-reactive ketones (excluding diaryl/α,β-unsaturated/α-hetero) is 3. The number of methoxy groups -OCH3 is 1. The minimum atomic E-state index is -0.778. The fourth-order valence-corrected chi connectivity index (χ4v) is 7.03. The lowest BCUT2D eigenvalue weighted by Gasteiger charge is -2.41. The number of unbranched alkanes of at least 4 members (excludes halogenated alkanes) is 2. The average molecular weight is 630 g/mol. The summed E-state index contributed by atoms with van der Waals surface area (Å²) in [6.07, 6.45) is 8.83. The number of rotatable bonds is 23. The summed E-state index contributed by atoms with van der Waals surface area (Å²) in [5, 5.41) is 0. The van der Waals surface area contributed by atoms with Crippen LogP contribution in [-0.4, -0.2) is 62.7 Å². The third-order valence-corrected chi connectivity index (χ3v) is 10.4. The van der Waals surface area contributed by atoms with Crippen LogP contribution in [0.15, 0.2) is 12.1 Å². The zero-order chi connectivity index (χ0) is 33.8. The number of carbonyl (C=O) groups excluding carboxylic acids is 3. The number of benzene rings is 1. The zero-order valence-electron chi connectivity index (χ0n) is 31.8. The molecule has 0 saturated carbocycles. The second-order valence-corrected chi connectivity index (χ2v) is 15.6. The first kappa shape index (κ1) is 43.1. The van der Waals surface area contributed by atoms with Crippen LogP contribution < -0.4 is 0 Å². The molecule has 0 aliphatic carbocycles. The van der Waals surface area contributed by atoms with Crippen LogP contribution in [-0.2, 0) is 25.5 Å². The predicted octanol–water partition coefficient (Wildman–Crippen LogP) is 9.40. The van der Waals surface area contributed by atoms with Gasteiger partial charge in [0.05, 0.1) is 27.2 Å². The minimum absolute atomic E-state index is 0. The van der Waals surface area contributed by atoms with Crippen molar-refractivity contribution in [1.29, 1.82) is 0 Å². The number of ketones is 3. The van der Waals surface area contributed by atoms with E-state index in [1.54, 1.807) is 7.11 Å². The zero-order valence-corrected chi connectivity index (χ0v) is 31.8. The highest BCUT2D eigenvalue weighted by atomic mass is 16.5. The number of ether oxygens (including phenoxy) is 1. The molecule has 45 heavy (non-hydrogen) atoms. The number of hydrogen-bond acceptors (Lipinski definition) is 4. The summed E-state index contributed by atoms with van der Waals surface area (Å²) in [5.41, 5.74) is 2.93. The molecule has 0 saturated heterocycles. The van der Waals surface area contributed by atoms with Crippen molar-refractivity contribution < 1.29 is 23.6 Å². The SMILES string of the molecule is CCCCC[N+](C)(C)CCCC(=O)C(C)(C)CC(C)(CC(C)(CC)C(=O)CCc1cc(C)c(C)c(C)c1)C(=O)CCCOC.[CH3-]. The van der Waals surface area contributed by atoms with Crippen LogP contribution in [0.25, 0.3) is 0 Å². The number of quaternary nitrogens is 1. The summed E-state index contributed by atoms with van der Waals surface area (Å²) < 4.78 is 6.18. The second kappa shape index (κ2) is 19.1. The Morgan fingerprint density at radius 2 is 1.27 bits per heavy atom. The van der Waals surface area contributed by atoms with Gasteiger partial charge >= 0.3 is 0 Å². The van der Waals surface area contributed by atoms with E-state index >= 15 is 0 Å². The van der Waals surface area contributed by atoms with E-state index < -0.39 is 16.2 Å². The Hall–Kier alpha value is -1.85. The van der Waals surface area contributed by atoms with Gasteiger partial charge in [-0.15, -0.1) is 0 Å². The minimum Gasteiger partial charge on any atom is -0.385 e. The molecule has 0 aliphatic heterocycles. The standard InChI is InChI=1S/C39H68NO4.CH3/c1-13-15-16-23-40(10,11)24-17-19-34(41)37(6,7)28-39(9,35(42)20-18-25-44-12)29-38(8,14-2)36(43)22-21-33-26-30(3)32(5)31(4)27-33;/h26-27H,13-25,28-29H2,1-12H3;1H3/q+1;-1. The molecule has 1 aromatic carbocycles. The lowest BCUT2D eigenvalue weighted by Crippen LogP contribution is -2.43. The maximum Gasteiger partial charge on any atom is 0.139 e. The van der Waals surface area contributed by atoms with Crippen molar-refractivity contribution in [2.75, 3.05) is 40.9 Å². The van der Waals surface area contributed by atoms with E-state index in [-0.39, 0.29) is 24.8 Å². The molecule has 2 atom stereocenters. The molecule has 0 N–H and O–H groups in total. The molecular formula is C40H71NO4. The first-order chi connectivity index (χ1) is 20.4. The van der Waals surface area contributed by atoms with E-state index in [1.165, 1.54) is 41.5 Å². The highest BCUT2D eigenvalue weighted by Gasteiger charge is 2.46. The van der Waals surface area contributed by atoms with Gasteiger partial charge in [-0.1, -0.05) is 60.1 Å². The van der Waals surface area contributed by atoms with Gasteiger partial charge in [0.2, 0.25) is 0 Å². The molecule has 5 nitrogen and oxygen atoms in total. The molecule has 0 bridgehead atoms. The van der Waals surface area contributed by atoms with Crippen LogP contribution >= 0.6 is 0 Å². The Bertz CT molecular complexity index is 1060. The largest absolute Gasteiger partial charge is 0.385 e. The fourth-order valence-electron chi connectivity index (χ4n) is 7.03. The molecule has 0 heterocycles. The van der Waals surface area contributed by atoms with Gasteiger partial charge in [0, 0.05) is 55.6 Å². The molecule has 0 aliphatic rings. The molecule has 1 aromatic rings. The molecule has 0 radical (unpaired) electrons. The number of hydrogen-bond donors (Lipinski definition) is 0. The van der Waals surface area contributed by atoms with E-state index in [1.807, 2.05) is 27.7 Å². The van der Waals surface area contributed by atoms with Crippen molar-refractivity contribution in [1.82, 2.24) is 0 Å². The van der Waals surface area contributed by atoms with Gasteiger partial charge in [-0.3, -0.25) is 14.4 Å². The molecule has 0 spiro atoms. The van der Waals surface area contributed by atoms with Crippen LogP contribution in [0, 0.1) is 44.4 Å². The van der Waals surface area contributed by atoms with E-state index in [0.717, 1.165) is 24.0 Å². The lowest BCUT2D eigenvalue weighted by molar-refractivity contribution is -0.890. The molecule has 0 aromatic heterocycles. The molecule has 260 valence electrons. The van der Waals surface area contributed by atoms with Crippen LogP contribution in [0.5, 0.6) is 0 Å². The van der Waals surface area contributed by atoms with Crippen LogP contribution in [0.4, 0.5) is 0 Å². The maximum atomic E-state index is 13.9. The summed E-state index contributed by atoms with van der Waals surface area (Å²) in [4.78, 5) is 41.5. The maximum absolute atomic E-state index is 13.9. The first-order valence-electron chi connectivity index (χ1n) is 17.3. The summed E-state index contributed by atoms with van der Waals surface area (Å²) in [6, 6.07) is 4.39. The quantitative estimate of drug-likeness (QED) is 0.0687. The summed E-state index contributed by atoms with van der Waals surface area (Å²) in [5.74, 6) is 0.567.